The van der Waals surface area contributed by atoms with Gasteiger partial charge in [-0.3, -0.25) is 4.79 Å². The molecule has 0 fully saturated rings. The van der Waals surface area contributed by atoms with Crippen LogP contribution in [0.2, 0.25) is 5.02 Å². The minimum absolute atomic E-state index is 0.0961. The molecule has 0 atom stereocenters. The number of carbonyl (C=O) groups excluding carboxylic acids is 1. The van der Waals surface area contributed by atoms with Crippen LogP contribution in [0, 0.1) is 13.8 Å². The number of para-hydroxylation sites is 1. The third-order valence-corrected chi connectivity index (χ3v) is 4.82. The minimum atomic E-state index is -0.364. The number of hydrogen-bond acceptors (Lipinski definition) is 3. The van der Waals surface area contributed by atoms with Gasteiger partial charge in [-0.25, -0.2) is 9.67 Å². The van der Waals surface area contributed by atoms with E-state index in [9.17, 15) is 4.79 Å². The molecule has 0 aliphatic rings. The molecule has 0 saturated carbocycles. The monoisotopic (exact) mass is 402 g/mol. The highest BCUT2D eigenvalue weighted by Crippen LogP contribution is 2.25. The van der Waals surface area contributed by atoms with E-state index in [4.69, 9.17) is 11.6 Å². The number of hydrogen-bond donors (Lipinski definition) is 1. The molecular formula is C23H19ClN4O. The van der Waals surface area contributed by atoms with Crippen molar-refractivity contribution in [1.82, 2.24) is 14.8 Å². The summed E-state index contributed by atoms with van der Waals surface area (Å²) in [7, 11) is 0. The lowest BCUT2D eigenvalue weighted by atomic mass is 10.2. The number of nitrogens with zero attached hydrogens (tertiary/aromatic N) is 3. The topological polar surface area (TPSA) is 59.8 Å². The lowest BCUT2D eigenvalue weighted by Gasteiger charge is -2.08. The number of halogens is 1. The van der Waals surface area contributed by atoms with Crippen molar-refractivity contribution in [3.63, 3.8) is 0 Å². The highest BCUT2D eigenvalue weighted by molar-refractivity contribution is 6.30. The molecule has 0 unspecified atom stereocenters. The van der Waals surface area contributed by atoms with E-state index in [0.717, 1.165) is 22.4 Å². The van der Waals surface area contributed by atoms with Gasteiger partial charge in [0, 0.05) is 16.3 Å². The number of benzene rings is 3. The summed E-state index contributed by atoms with van der Waals surface area (Å²) in [4.78, 5) is 17.3. The van der Waals surface area contributed by atoms with Crippen molar-refractivity contribution in [3.8, 4) is 17.1 Å². The van der Waals surface area contributed by atoms with Crippen LogP contribution in [0.1, 0.15) is 21.7 Å². The summed E-state index contributed by atoms with van der Waals surface area (Å²) in [5.41, 5.74) is 4.52. The number of amides is 1. The van der Waals surface area contributed by atoms with E-state index < -0.39 is 0 Å². The van der Waals surface area contributed by atoms with Gasteiger partial charge in [-0.1, -0.05) is 47.5 Å². The molecule has 0 bridgehead atoms. The predicted octanol–water partition coefficient (Wildman–Crippen LogP) is 5.46. The second-order valence-electron chi connectivity index (χ2n) is 6.78. The fraction of sp³-hybridized carbons (Fsp3) is 0.0870. The number of rotatable bonds is 4. The quantitative estimate of drug-likeness (QED) is 0.493. The second kappa shape index (κ2) is 7.89. The van der Waals surface area contributed by atoms with E-state index in [-0.39, 0.29) is 11.7 Å². The van der Waals surface area contributed by atoms with Crippen LogP contribution in [0.3, 0.4) is 0 Å². The molecule has 0 aliphatic heterocycles. The molecule has 144 valence electrons. The number of aryl methyl sites for hydroxylation is 2. The first kappa shape index (κ1) is 18.9. The molecular weight excluding hydrogens is 384 g/mol. The third kappa shape index (κ3) is 4.05. The Morgan fingerprint density at radius 3 is 2.31 bits per heavy atom. The van der Waals surface area contributed by atoms with Gasteiger partial charge in [0.25, 0.3) is 5.91 Å². The zero-order chi connectivity index (χ0) is 20.4. The van der Waals surface area contributed by atoms with Gasteiger partial charge in [-0.2, -0.15) is 0 Å². The van der Waals surface area contributed by atoms with Crippen molar-refractivity contribution in [2.45, 2.75) is 13.8 Å². The van der Waals surface area contributed by atoms with Gasteiger partial charge in [-0.05, 0) is 61.9 Å². The van der Waals surface area contributed by atoms with Gasteiger partial charge < -0.3 is 5.32 Å². The summed E-state index contributed by atoms with van der Waals surface area (Å²) in [6.45, 7) is 3.99. The molecule has 0 spiro atoms. The summed E-state index contributed by atoms with van der Waals surface area (Å²) in [6.07, 6.45) is 0. The summed E-state index contributed by atoms with van der Waals surface area (Å²) in [5.74, 6) is 0.306. The molecule has 5 nitrogen and oxygen atoms in total. The highest BCUT2D eigenvalue weighted by Gasteiger charge is 2.19. The fourth-order valence-electron chi connectivity index (χ4n) is 2.99. The zero-order valence-corrected chi connectivity index (χ0v) is 16.8. The van der Waals surface area contributed by atoms with Crippen molar-refractivity contribution in [1.29, 1.82) is 0 Å². The number of nitrogens with one attached hydrogen (secondary N) is 1. The first-order chi connectivity index (χ1) is 14.0. The van der Waals surface area contributed by atoms with Gasteiger partial charge in [-0.15, -0.1) is 5.10 Å². The Balaban J connectivity index is 1.76. The Bertz CT molecular complexity index is 1160. The van der Waals surface area contributed by atoms with Crippen LogP contribution in [-0.2, 0) is 0 Å². The highest BCUT2D eigenvalue weighted by atomic mass is 35.5. The van der Waals surface area contributed by atoms with E-state index >= 15 is 0 Å². The number of anilines is 1. The SMILES string of the molecule is Cc1ccc(NC(=O)c2nc(-c3ccc(Cl)cc3)n(-c3ccccc3C)n2)cc1. The molecule has 1 amide bonds. The molecule has 1 N–H and O–H groups in total. The summed E-state index contributed by atoms with van der Waals surface area (Å²) < 4.78 is 1.70. The summed E-state index contributed by atoms with van der Waals surface area (Å²) in [6, 6.07) is 22.7. The van der Waals surface area contributed by atoms with Crippen molar-refractivity contribution in [2.75, 3.05) is 5.32 Å². The molecule has 29 heavy (non-hydrogen) atoms. The van der Waals surface area contributed by atoms with Gasteiger partial charge in [0.05, 0.1) is 5.69 Å². The lowest BCUT2D eigenvalue weighted by molar-refractivity contribution is 0.101. The smallest absolute Gasteiger partial charge is 0.295 e. The predicted molar refractivity (Wildman–Crippen MR) is 116 cm³/mol. The first-order valence-electron chi connectivity index (χ1n) is 9.18. The molecule has 1 heterocycles. The molecule has 3 aromatic carbocycles. The van der Waals surface area contributed by atoms with Crippen LogP contribution in [0.25, 0.3) is 17.1 Å². The molecule has 6 heteroatoms. The van der Waals surface area contributed by atoms with Gasteiger partial charge in [0.15, 0.2) is 5.82 Å². The molecule has 0 radical (unpaired) electrons. The summed E-state index contributed by atoms with van der Waals surface area (Å²) >= 11 is 6.03. The van der Waals surface area contributed by atoms with E-state index in [1.54, 1.807) is 16.8 Å². The summed E-state index contributed by atoms with van der Waals surface area (Å²) in [5, 5.41) is 8.00. The molecule has 0 aliphatic carbocycles. The van der Waals surface area contributed by atoms with Crippen molar-refractivity contribution >= 4 is 23.2 Å². The Hall–Kier alpha value is -3.44. The maximum Gasteiger partial charge on any atom is 0.295 e. The number of carbonyl (C=O) groups is 1. The average Bonchev–Trinajstić information content (AvgIpc) is 3.16. The lowest BCUT2D eigenvalue weighted by Crippen LogP contribution is -2.14. The normalized spacial score (nSPS) is 10.7. The molecule has 4 aromatic rings. The standard InChI is InChI=1S/C23H19ClN4O/c1-15-7-13-19(14-8-15)25-23(29)21-26-22(17-9-11-18(24)12-10-17)28(27-21)20-6-4-3-5-16(20)2/h3-14H,1-2H3,(H,25,29). The molecule has 1 aromatic heterocycles. The molecule has 0 saturated heterocycles. The largest absolute Gasteiger partial charge is 0.319 e. The van der Waals surface area contributed by atoms with E-state index in [2.05, 4.69) is 15.4 Å². The van der Waals surface area contributed by atoms with Crippen molar-refractivity contribution in [2.24, 2.45) is 0 Å². The van der Waals surface area contributed by atoms with E-state index in [1.165, 1.54) is 0 Å². The van der Waals surface area contributed by atoms with E-state index in [1.807, 2.05) is 74.5 Å². The zero-order valence-electron chi connectivity index (χ0n) is 16.1. The number of aromatic nitrogens is 3. The van der Waals surface area contributed by atoms with Gasteiger partial charge in [0.1, 0.15) is 0 Å². The Morgan fingerprint density at radius 1 is 0.931 bits per heavy atom. The van der Waals surface area contributed by atoms with Crippen LogP contribution < -0.4 is 5.32 Å². The second-order valence-corrected chi connectivity index (χ2v) is 7.22. The maximum atomic E-state index is 12.8. The third-order valence-electron chi connectivity index (χ3n) is 4.57. The minimum Gasteiger partial charge on any atom is -0.319 e. The van der Waals surface area contributed by atoms with Crippen LogP contribution in [0.4, 0.5) is 5.69 Å². The average molecular weight is 403 g/mol. The van der Waals surface area contributed by atoms with Crippen LogP contribution in [0.5, 0.6) is 0 Å². The van der Waals surface area contributed by atoms with Gasteiger partial charge >= 0.3 is 0 Å². The van der Waals surface area contributed by atoms with Crippen LogP contribution in [-0.4, -0.2) is 20.7 Å². The first-order valence-corrected chi connectivity index (χ1v) is 9.56. The van der Waals surface area contributed by atoms with Crippen molar-refractivity contribution < 1.29 is 4.79 Å². The van der Waals surface area contributed by atoms with Crippen LogP contribution >= 0.6 is 11.6 Å². The molecule has 4 rings (SSSR count). The van der Waals surface area contributed by atoms with Gasteiger partial charge in [0.2, 0.25) is 5.82 Å². The Morgan fingerprint density at radius 2 is 1.62 bits per heavy atom. The Labute approximate surface area is 174 Å². The Kier molecular flexibility index (Phi) is 5.14. The van der Waals surface area contributed by atoms with E-state index in [0.29, 0.717) is 16.5 Å². The maximum absolute atomic E-state index is 12.8. The van der Waals surface area contributed by atoms with Crippen LogP contribution in [0.15, 0.2) is 72.8 Å². The fourth-order valence-corrected chi connectivity index (χ4v) is 3.11. The van der Waals surface area contributed by atoms with Crippen molar-refractivity contribution in [3.05, 3.63) is 94.8 Å².